The first kappa shape index (κ1) is 21.9. The predicted octanol–water partition coefficient (Wildman–Crippen LogP) is 2.55. The van der Waals surface area contributed by atoms with E-state index in [1.54, 1.807) is 6.92 Å². The van der Waals surface area contributed by atoms with Crippen molar-refractivity contribution in [3.63, 3.8) is 0 Å². The lowest BCUT2D eigenvalue weighted by molar-refractivity contribution is -0.123. The highest BCUT2D eigenvalue weighted by atomic mass is 35.5. The van der Waals surface area contributed by atoms with Gasteiger partial charge in [-0.1, -0.05) is 23.3 Å². The Kier molecular flexibility index (Phi) is 7.85. The van der Waals surface area contributed by atoms with Crippen LogP contribution >= 0.6 is 11.6 Å². The molecule has 0 unspecified atom stereocenters. The second-order valence-electron chi connectivity index (χ2n) is 7.16. The van der Waals surface area contributed by atoms with E-state index in [1.165, 1.54) is 29.8 Å². The summed E-state index contributed by atoms with van der Waals surface area (Å²) in [5, 5.41) is 3.41. The first-order valence-electron chi connectivity index (χ1n) is 9.11. The molecule has 8 heteroatoms. The largest absolute Gasteiger partial charge is 0.352 e. The van der Waals surface area contributed by atoms with Crippen LogP contribution < -0.4 is 10.0 Å². The average molecular weight is 414 g/mol. The molecule has 1 aromatic rings. The number of benzene rings is 1. The van der Waals surface area contributed by atoms with Crippen LogP contribution in [-0.4, -0.2) is 50.9 Å². The number of rotatable bonds is 7. The van der Waals surface area contributed by atoms with E-state index in [0.29, 0.717) is 5.02 Å². The van der Waals surface area contributed by atoms with Gasteiger partial charge in [-0.3, -0.25) is 9.69 Å². The molecule has 1 aliphatic heterocycles. The number of nitrogens with zero attached hydrogens (tertiary/aromatic N) is 1. The zero-order chi connectivity index (χ0) is 20.0. The summed E-state index contributed by atoms with van der Waals surface area (Å²) in [5.74, 6) is -0.310. The molecule has 1 aromatic carbocycles. The minimum Gasteiger partial charge on any atom is -0.352 e. The van der Waals surface area contributed by atoms with Gasteiger partial charge >= 0.3 is 0 Å². The van der Waals surface area contributed by atoms with Crippen molar-refractivity contribution in [3.05, 3.63) is 40.9 Å². The number of likely N-dealkylation sites (tertiary alicyclic amines) is 1. The minimum atomic E-state index is -3.77. The molecule has 0 bridgehead atoms. The highest BCUT2D eigenvalue weighted by Crippen LogP contribution is 2.15. The van der Waals surface area contributed by atoms with Gasteiger partial charge in [-0.15, -0.1) is 0 Å². The van der Waals surface area contributed by atoms with Crippen molar-refractivity contribution in [2.24, 2.45) is 0 Å². The molecule has 150 valence electrons. The third-order valence-electron chi connectivity index (χ3n) is 4.54. The first-order valence-corrected chi connectivity index (χ1v) is 11.0. The van der Waals surface area contributed by atoms with Crippen LogP contribution in [0.25, 0.3) is 0 Å². The van der Waals surface area contributed by atoms with E-state index in [1.807, 2.05) is 0 Å². The number of sulfonamides is 1. The lowest BCUT2D eigenvalue weighted by atomic mass is 10.0. The van der Waals surface area contributed by atoms with Crippen LogP contribution in [0.3, 0.4) is 0 Å². The van der Waals surface area contributed by atoms with Crippen molar-refractivity contribution >= 4 is 27.5 Å². The molecule has 1 atom stereocenters. The number of amides is 1. The Morgan fingerprint density at radius 2 is 1.85 bits per heavy atom. The van der Waals surface area contributed by atoms with Crippen molar-refractivity contribution in [2.45, 2.75) is 50.6 Å². The lowest BCUT2D eigenvalue weighted by Crippen LogP contribution is -2.51. The molecule has 0 saturated carbocycles. The van der Waals surface area contributed by atoms with Crippen LogP contribution in [-0.2, 0) is 14.8 Å². The molecular formula is C19H28ClN3O3S. The number of halogens is 1. The lowest BCUT2D eigenvalue weighted by Gasteiger charge is -2.32. The Balaban J connectivity index is 1.84. The van der Waals surface area contributed by atoms with Gasteiger partial charge in [-0.25, -0.2) is 8.42 Å². The second kappa shape index (κ2) is 9.68. The molecule has 1 aliphatic rings. The van der Waals surface area contributed by atoms with Crippen molar-refractivity contribution in [1.82, 2.24) is 14.9 Å². The number of hydrogen-bond donors (Lipinski definition) is 2. The topological polar surface area (TPSA) is 78.5 Å². The number of carbonyl (C=O) groups excluding carboxylic acids is 1. The Morgan fingerprint density at radius 1 is 1.26 bits per heavy atom. The zero-order valence-corrected chi connectivity index (χ0v) is 17.6. The van der Waals surface area contributed by atoms with Crippen LogP contribution in [0.4, 0.5) is 0 Å². The maximum absolute atomic E-state index is 12.4. The molecule has 1 amide bonds. The highest BCUT2D eigenvalue weighted by molar-refractivity contribution is 7.89. The normalized spacial score (nSPS) is 17.3. The van der Waals surface area contributed by atoms with E-state index in [0.717, 1.165) is 32.5 Å². The molecule has 6 nitrogen and oxygen atoms in total. The van der Waals surface area contributed by atoms with Crippen LogP contribution in [0.1, 0.15) is 33.6 Å². The Bertz CT molecular complexity index is 766. The van der Waals surface area contributed by atoms with Crippen molar-refractivity contribution in [1.29, 1.82) is 0 Å². The summed E-state index contributed by atoms with van der Waals surface area (Å²) in [4.78, 5) is 14.8. The van der Waals surface area contributed by atoms with E-state index in [4.69, 9.17) is 11.6 Å². The summed E-state index contributed by atoms with van der Waals surface area (Å²) in [6, 6.07) is 5.06. The van der Waals surface area contributed by atoms with Gasteiger partial charge in [0.2, 0.25) is 15.9 Å². The summed E-state index contributed by atoms with van der Waals surface area (Å²) in [7, 11) is -3.77. The van der Waals surface area contributed by atoms with E-state index >= 15 is 0 Å². The fourth-order valence-corrected chi connectivity index (χ4v) is 4.19. The molecule has 0 aliphatic carbocycles. The fraction of sp³-hybridized carbons (Fsp3) is 0.526. The van der Waals surface area contributed by atoms with Crippen LogP contribution in [0.2, 0.25) is 5.02 Å². The highest BCUT2D eigenvalue weighted by Gasteiger charge is 2.25. The van der Waals surface area contributed by atoms with Gasteiger partial charge in [0.05, 0.1) is 10.9 Å². The maximum Gasteiger partial charge on any atom is 0.241 e. The number of nitrogens with one attached hydrogen (secondary N) is 2. The van der Waals surface area contributed by atoms with Gasteiger partial charge in [0, 0.05) is 30.7 Å². The van der Waals surface area contributed by atoms with Gasteiger partial charge in [0.15, 0.2) is 0 Å². The Hall–Kier alpha value is -1.41. The second-order valence-corrected chi connectivity index (χ2v) is 9.31. The van der Waals surface area contributed by atoms with Crippen LogP contribution in [0.5, 0.6) is 0 Å². The number of allylic oxidation sites excluding steroid dienone is 1. The molecule has 2 rings (SSSR count). The summed E-state index contributed by atoms with van der Waals surface area (Å²) >= 11 is 5.79. The maximum atomic E-state index is 12.4. The van der Waals surface area contributed by atoms with Gasteiger partial charge in [0.25, 0.3) is 0 Å². The summed E-state index contributed by atoms with van der Waals surface area (Å²) < 4.78 is 27.2. The molecule has 1 fully saturated rings. The Labute approximate surface area is 167 Å². The van der Waals surface area contributed by atoms with Gasteiger partial charge in [-0.05, 0) is 57.9 Å². The average Bonchev–Trinajstić information content (AvgIpc) is 2.61. The van der Waals surface area contributed by atoms with Crippen molar-refractivity contribution < 1.29 is 13.2 Å². The molecule has 0 spiro atoms. The number of piperidine rings is 1. The summed E-state index contributed by atoms with van der Waals surface area (Å²) in [5.41, 5.74) is 1.30. The quantitative estimate of drug-likeness (QED) is 0.673. The van der Waals surface area contributed by atoms with E-state index < -0.39 is 16.1 Å². The molecular weight excluding hydrogens is 386 g/mol. The first-order chi connectivity index (χ1) is 12.7. The van der Waals surface area contributed by atoms with Gasteiger partial charge < -0.3 is 5.32 Å². The van der Waals surface area contributed by atoms with Gasteiger partial charge in [-0.2, -0.15) is 4.72 Å². The Morgan fingerprint density at radius 3 is 2.41 bits per heavy atom. The smallest absolute Gasteiger partial charge is 0.241 e. The standard InChI is InChI=1S/C19H28ClN3O3S/c1-14(2)8-11-23-12-9-17(10-13-23)21-19(24)15(3)22-27(25,26)18-6-4-16(20)5-7-18/h4-8,15,17,22H,9-13H2,1-3H3,(H,21,24)/t15-/m0/s1. The molecule has 1 saturated heterocycles. The monoisotopic (exact) mass is 413 g/mol. The van der Waals surface area contributed by atoms with E-state index in [-0.39, 0.29) is 16.8 Å². The number of carbonyl (C=O) groups is 1. The van der Waals surface area contributed by atoms with Crippen LogP contribution in [0.15, 0.2) is 40.8 Å². The zero-order valence-electron chi connectivity index (χ0n) is 16.0. The molecule has 2 N–H and O–H groups in total. The summed E-state index contributed by atoms with van der Waals surface area (Å²) in [6.45, 7) is 8.48. The van der Waals surface area contributed by atoms with Gasteiger partial charge in [0.1, 0.15) is 0 Å². The minimum absolute atomic E-state index is 0.0722. The van der Waals surface area contributed by atoms with E-state index in [2.05, 4.69) is 34.9 Å². The fourth-order valence-electron chi connectivity index (χ4n) is 2.87. The van der Waals surface area contributed by atoms with Crippen molar-refractivity contribution in [3.8, 4) is 0 Å². The van der Waals surface area contributed by atoms with Crippen molar-refractivity contribution in [2.75, 3.05) is 19.6 Å². The number of hydrogen-bond acceptors (Lipinski definition) is 4. The molecule has 27 heavy (non-hydrogen) atoms. The molecule has 1 heterocycles. The third-order valence-corrected chi connectivity index (χ3v) is 6.35. The molecule has 0 aromatic heterocycles. The van der Waals surface area contributed by atoms with E-state index in [9.17, 15) is 13.2 Å². The molecule has 0 radical (unpaired) electrons. The SMILES string of the molecule is CC(C)=CCN1CCC(NC(=O)[C@H](C)NS(=O)(=O)c2ccc(Cl)cc2)CC1. The summed E-state index contributed by atoms with van der Waals surface area (Å²) in [6.07, 6.45) is 3.92. The van der Waals surface area contributed by atoms with Crippen LogP contribution in [0, 0.1) is 0 Å². The predicted molar refractivity (Wildman–Crippen MR) is 108 cm³/mol. The third kappa shape index (κ3) is 6.92.